The molecule has 0 bridgehead atoms. The molecule has 0 heterocycles. The highest BCUT2D eigenvalue weighted by atomic mass is 19.1. The first-order valence-electron chi connectivity index (χ1n) is 6.34. The molecule has 0 aromatic heterocycles. The van der Waals surface area contributed by atoms with E-state index in [2.05, 4.69) is 5.32 Å². The highest BCUT2D eigenvalue weighted by Crippen LogP contribution is 2.03. The second-order valence-electron chi connectivity index (χ2n) is 4.27. The average Bonchev–Trinajstić information content (AvgIpc) is 2.37. The highest BCUT2D eigenvalue weighted by molar-refractivity contribution is 5.94. The monoisotopic (exact) mass is 266 g/mol. The molecule has 0 spiro atoms. The summed E-state index contributed by atoms with van der Waals surface area (Å²) in [7, 11) is 0. The number of carbonyl (C=O) groups excluding carboxylic acids is 2. The SMILES string of the molecule is CCCN(CCNC(=O)c1cccc(F)c1)C(C)=O. The van der Waals surface area contributed by atoms with Crippen LogP contribution in [0.5, 0.6) is 0 Å². The number of nitrogens with zero attached hydrogens (tertiary/aromatic N) is 1. The smallest absolute Gasteiger partial charge is 0.251 e. The van der Waals surface area contributed by atoms with Crippen molar-refractivity contribution in [3.05, 3.63) is 35.6 Å². The number of carbonyl (C=O) groups is 2. The van der Waals surface area contributed by atoms with Gasteiger partial charge in [0.1, 0.15) is 5.82 Å². The minimum atomic E-state index is -0.441. The molecule has 0 aliphatic heterocycles. The largest absolute Gasteiger partial charge is 0.350 e. The Bertz CT molecular complexity index is 449. The summed E-state index contributed by atoms with van der Waals surface area (Å²) in [4.78, 5) is 24.7. The van der Waals surface area contributed by atoms with Gasteiger partial charge in [-0.3, -0.25) is 9.59 Å². The van der Waals surface area contributed by atoms with E-state index in [1.807, 2.05) is 6.92 Å². The quantitative estimate of drug-likeness (QED) is 0.853. The van der Waals surface area contributed by atoms with Crippen molar-refractivity contribution in [2.24, 2.45) is 0 Å². The number of halogens is 1. The van der Waals surface area contributed by atoms with E-state index in [1.54, 1.807) is 11.0 Å². The Morgan fingerprint density at radius 1 is 1.32 bits per heavy atom. The van der Waals surface area contributed by atoms with Crippen LogP contribution in [-0.4, -0.2) is 36.3 Å². The molecule has 0 saturated heterocycles. The average molecular weight is 266 g/mol. The molecule has 0 saturated carbocycles. The molecule has 1 aromatic rings. The van der Waals surface area contributed by atoms with E-state index < -0.39 is 5.82 Å². The Balaban J connectivity index is 2.44. The third kappa shape index (κ3) is 5.07. The maximum absolute atomic E-state index is 13.0. The van der Waals surface area contributed by atoms with Crippen molar-refractivity contribution in [1.29, 1.82) is 0 Å². The Morgan fingerprint density at radius 3 is 2.63 bits per heavy atom. The molecule has 19 heavy (non-hydrogen) atoms. The third-order valence-corrected chi connectivity index (χ3v) is 2.69. The Hall–Kier alpha value is -1.91. The van der Waals surface area contributed by atoms with Crippen LogP contribution in [0.1, 0.15) is 30.6 Å². The second-order valence-corrected chi connectivity index (χ2v) is 4.27. The zero-order valence-electron chi connectivity index (χ0n) is 11.3. The van der Waals surface area contributed by atoms with E-state index in [0.29, 0.717) is 19.6 Å². The lowest BCUT2D eigenvalue weighted by Gasteiger charge is -2.20. The van der Waals surface area contributed by atoms with E-state index in [0.717, 1.165) is 6.42 Å². The first kappa shape index (κ1) is 15.1. The van der Waals surface area contributed by atoms with Gasteiger partial charge in [0.05, 0.1) is 0 Å². The highest BCUT2D eigenvalue weighted by Gasteiger charge is 2.09. The van der Waals surface area contributed by atoms with Gasteiger partial charge in [0, 0.05) is 32.1 Å². The summed E-state index contributed by atoms with van der Waals surface area (Å²) >= 11 is 0. The number of nitrogens with one attached hydrogen (secondary N) is 1. The lowest BCUT2D eigenvalue weighted by molar-refractivity contribution is -0.128. The van der Waals surface area contributed by atoms with Crippen LogP contribution < -0.4 is 5.32 Å². The van der Waals surface area contributed by atoms with Gasteiger partial charge in [0.25, 0.3) is 5.91 Å². The molecule has 1 rings (SSSR count). The van der Waals surface area contributed by atoms with Crippen LogP contribution >= 0.6 is 0 Å². The first-order valence-corrected chi connectivity index (χ1v) is 6.34. The Labute approximate surface area is 112 Å². The maximum Gasteiger partial charge on any atom is 0.251 e. The molecule has 0 fully saturated rings. The zero-order chi connectivity index (χ0) is 14.3. The summed E-state index contributed by atoms with van der Waals surface area (Å²) in [5.41, 5.74) is 0.282. The van der Waals surface area contributed by atoms with Gasteiger partial charge in [-0.15, -0.1) is 0 Å². The van der Waals surface area contributed by atoms with E-state index in [-0.39, 0.29) is 17.4 Å². The predicted molar refractivity (Wildman–Crippen MR) is 71.3 cm³/mol. The van der Waals surface area contributed by atoms with E-state index in [9.17, 15) is 14.0 Å². The van der Waals surface area contributed by atoms with E-state index in [4.69, 9.17) is 0 Å². The molecule has 104 valence electrons. The third-order valence-electron chi connectivity index (χ3n) is 2.69. The predicted octanol–water partition coefficient (Wildman–Crippen LogP) is 1.81. The standard InChI is InChI=1S/C14H19FN2O2/c1-3-8-17(11(2)18)9-7-16-14(19)12-5-4-6-13(15)10-12/h4-6,10H,3,7-9H2,1-2H3,(H,16,19). The van der Waals surface area contributed by atoms with Crippen LogP contribution in [0.25, 0.3) is 0 Å². The fourth-order valence-corrected chi connectivity index (χ4v) is 1.73. The van der Waals surface area contributed by atoms with Crippen LogP contribution in [0.3, 0.4) is 0 Å². The molecular formula is C14H19FN2O2. The van der Waals surface area contributed by atoms with Gasteiger partial charge >= 0.3 is 0 Å². The second kappa shape index (κ2) is 7.51. The van der Waals surface area contributed by atoms with Crippen LogP contribution in [0.4, 0.5) is 4.39 Å². The van der Waals surface area contributed by atoms with Gasteiger partial charge in [-0.25, -0.2) is 4.39 Å². The van der Waals surface area contributed by atoms with E-state index >= 15 is 0 Å². The number of hydrogen-bond acceptors (Lipinski definition) is 2. The normalized spacial score (nSPS) is 10.1. The van der Waals surface area contributed by atoms with Crippen LogP contribution in [0, 0.1) is 5.82 Å². The van der Waals surface area contributed by atoms with Gasteiger partial charge in [0.15, 0.2) is 0 Å². The minimum absolute atomic E-state index is 0.0122. The summed E-state index contributed by atoms with van der Waals surface area (Å²) < 4.78 is 13.0. The molecule has 2 amide bonds. The van der Waals surface area contributed by atoms with Crippen molar-refractivity contribution in [3.63, 3.8) is 0 Å². The molecule has 0 radical (unpaired) electrons. The summed E-state index contributed by atoms with van der Waals surface area (Å²) in [6.07, 6.45) is 0.872. The van der Waals surface area contributed by atoms with Crippen LogP contribution in [0.15, 0.2) is 24.3 Å². The maximum atomic E-state index is 13.0. The fraction of sp³-hybridized carbons (Fsp3) is 0.429. The van der Waals surface area contributed by atoms with Crippen LogP contribution in [-0.2, 0) is 4.79 Å². The number of rotatable bonds is 6. The summed E-state index contributed by atoms with van der Waals surface area (Å²) in [5, 5.41) is 2.67. The molecule has 0 unspecified atom stereocenters. The van der Waals surface area contributed by atoms with Gasteiger partial charge in [-0.1, -0.05) is 13.0 Å². The zero-order valence-corrected chi connectivity index (χ0v) is 11.3. The number of benzene rings is 1. The van der Waals surface area contributed by atoms with Crippen molar-refractivity contribution in [1.82, 2.24) is 10.2 Å². The summed E-state index contributed by atoms with van der Waals surface area (Å²) in [5.74, 6) is -0.787. The van der Waals surface area contributed by atoms with Gasteiger partial charge < -0.3 is 10.2 Å². The lowest BCUT2D eigenvalue weighted by Crippen LogP contribution is -2.37. The lowest BCUT2D eigenvalue weighted by atomic mass is 10.2. The minimum Gasteiger partial charge on any atom is -0.350 e. The molecule has 0 aliphatic rings. The molecule has 1 N–H and O–H groups in total. The van der Waals surface area contributed by atoms with Gasteiger partial charge in [-0.05, 0) is 24.6 Å². The topological polar surface area (TPSA) is 49.4 Å². The fourth-order valence-electron chi connectivity index (χ4n) is 1.73. The molecule has 1 aromatic carbocycles. The number of hydrogen-bond donors (Lipinski definition) is 1. The molecule has 5 heteroatoms. The van der Waals surface area contributed by atoms with Crippen LogP contribution in [0.2, 0.25) is 0 Å². The van der Waals surface area contributed by atoms with Gasteiger partial charge in [-0.2, -0.15) is 0 Å². The van der Waals surface area contributed by atoms with Gasteiger partial charge in [0.2, 0.25) is 5.91 Å². The van der Waals surface area contributed by atoms with Crippen molar-refractivity contribution < 1.29 is 14.0 Å². The van der Waals surface area contributed by atoms with Crippen molar-refractivity contribution >= 4 is 11.8 Å². The van der Waals surface area contributed by atoms with Crippen molar-refractivity contribution in [2.45, 2.75) is 20.3 Å². The summed E-state index contributed by atoms with van der Waals surface area (Å²) in [6, 6.07) is 5.51. The van der Waals surface area contributed by atoms with Crippen molar-refractivity contribution in [3.8, 4) is 0 Å². The molecular weight excluding hydrogens is 247 g/mol. The van der Waals surface area contributed by atoms with E-state index in [1.165, 1.54) is 25.1 Å². The summed E-state index contributed by atoms with van der Waals surface area (Å²) in [6.45, 7) is 4.98. The molecule has 4 nitrogen and oxygen atoms in total. The Morgan fingerprint density at radius 2 is 2.05 bits per heavy atom. The van der Waals surface area contributed by atoms with Crippen molar-refractivity contribution in [2.75, 3.05) is 19.6 Å². The number of amides is 2. The first-order chi connectivity index (χ1) is 9.04. The molecule has 0 aliphatic carbocycles. The molecule has 0 atom stereocenters. The Kier molecular flexibility index (Phi) is 5.99.